The Hall–Kier alpha value is -2.38. The molecule has 0 spiro atoms. The van der Waals surface area contributed by atoms with Crippen molar-refractivity contribution in [2.24, 2.45) is 0 Å². The first-order valence-electron chi connectivity index (χ1n) is 12.4. The molecule has 0 aliphatic carbocycles. The van der Waals surface area contributed by atoms with E-state index in [4.69, 9.17) is 15.7 Å². The molecule has 1 atom stereocenters. The van der Waals surface area contributed by atoms with Gasteiger partial charge < -0.3 is 20.0 Å². The van der Waals surface area contributed by atoms with Gasteiger partial charge in [-0.2, -0.15) is 0 Å². The molecule has 0 saturated carbocycles. The summed E-state index contributed by atoms with van der Waals surface area (Å²) in [5.41, 5.74) is 1.06. The van der Waals surface area contributed by atoms with Gasteiger partial charge in [0.05, 0.1) is 15.7 Å². The Balaban J connectivity index is 1.41. The third kappa shape index (κ3) is 5.81. The van der Waals surface area contributed by atoms with E-state index in [1.165, 1.54) is 6.42 Å². The summed E-state index contributed by atoms with van der Waals surface area (Å²) < 4.78 is 0. The Morgan fingerprint density at radius 3 is 2.56 bits per heavy atom. The Morgan fingerprint density at radius 2 is 1.85 bits per heavy atom. The summed E-state index contributed by atoms with van der Waals surface area (Å²) in [6.45, 7) is 8.96. The van der Waals surface area contributed by atoms with E-state index in [2.05, 4.69) is 43.8 Å². The van der Waals surface area contributed by atoms with Crippen LogP contribution in [0, 0.1) is 0 Å². The summed E-state index contributed by atoms with van der Waals surface area (Å²) in [6, 6.07) is 10.1. The smallest absolute Gasteiger partial charge is 0.274 e. The fourth-order valence-electron chi connectivity index (χ4n) is 5.01. The van der Waals surface area contributed by atoms with Crippen LogP contribution in [-0.4, -0.2) is 91.5 Å². The van der Waals surface area contributed by atoms with Gasteiger partial charge in [-0.1, -0.05) is 18.3 Å². The van der Waals surface area contributed by atoms with E-state index in [1.807, 2.05) is 12.1 Å². The molecule has 2 fully saturated rings. The maximum Gasteiger partial charge on any atom is 0.274 e. The van der Waals surface area contributed by atoms with E-state index in [0.29, 0.717) is 36.4 Å². The van der Waals surface area contributed by atoms with Crippen molar-refractivity contribution in [2.75, 3.05) is 42.9 Å². The van der Waals surface area contributed by atoms with Gasteiger partial charge in [0.15, 0.2) is 0 Å². The minimum atomic E-state index is -0.853. The molecule has 2 aliphatic heterocycles. The zero-order valence-electron chi connectivity index (χ0n) is 20.4. The Morgan fingerprint density at radius 1 is 1.12 bits per heavy atom. The van der Waals surface area contributed by atoms with Gasteiger partial charge >= 0.3 is 0 Å². The van der Waals surface area contributed by atoms with Crippen LogP contribution in [0.4, 0.5) is 11.5 Å². The van der Waals surface area contributed by atoms with Crippen LogP contribution in [0.1, 0.15) is 50.0 Å². The summed E-state index contributed by atoms with van der Waals surface area (Å²) in [7, 11) is 13.3. The minimum absolute atomic E-state index is 0.246. The van der Waals surface area contributed by atoms with Crippen LogP contribution in [0.15, 0.2) is 42.7 Å². The third-order valence-corrected chi connectivity index (χ3v) is 7.31. The molecular weight excluding hydrogens is 422 g/mol. The van der Waals surface area contributed by atoms with Crippen molar-refractivity contribution in [1.82, 2.24) is 19.8 Å². The first-order chi connectivity index (χ1) is 16.4. The van der Waals surface area contributed by atoms with E-state index in [1.54, 1.807) is 30.6 Å². The second-order valence-electron chi connectivity index (χ2n) is 9.52. The number of nitrogens with one attached hydrogen (secondary N) is 1. The maximum absolute atomic E-state index is 12.7. The van der Waals surface area contributed by atoms with E-state index >= 15 is 0 Å². The number of pyridine rings is 2. The number of hydrogen-bond acceptors (Lipinski definition) is 6. The van der Waals surface area contributed by atoms with Gasteiger partial charge in [0.2, 0.25) is 0 Å². The lowest BCUT2D eigenvalue weighted by Gasteiger charge is -2.47. The van der Waals surface area contributed by atoms with Gasteiger partial charge in [-0.05, 0) is 70.0 Å². The van der Waals surface area contributed by atoms with Crippen LogP contribution in [-0.2, 0) is 0 Å². The first kappa shape index (κ1) is 24.7. The number of nitrogens with zero attached hydrogens (tertiary/aromatic N) is 5. The monoisotopic (exact) mass is 456 g/mol. The molecule has 1 N–H and O–H groups in total. The topological polar surface area (TPSA) is 64.6 Å². The number of anilines is 2. The largest absolute Gasteiger partial charge is 0.355 e. The molecule has 0 unspecified atom stereocenters. The minimum Gasteiger partial charge on any atom is -0.355 e. The number of likely N-dealkylation sites (tertiary alicyclic amines) is 1. The quantitative estimate of drug-likeness (QED) is 0.675. The highest BCUT2D eigenvalue weighted by molar-refractivity contribution is 6.40. The molecule has 9 heteroatoms. The maximum atomic E-state index is 12.7. The fraction of sp³-hybridized carbons (Fsp3) is 0.560. The van der Waals surface area contributed by atoms with Gasteiger partial charge in [-0.3, -0.25) is 9.78 Å². The molecular formula is C25H34B2N6O. The van der Waals surface area contributed by atoms with Crippen molar-refractivity contribution in [1.29, 1.82) is 0 Å². The number of piperidine rings is 1. The fourth-order valence-corrected chi connectivity index (χ4v) is 5.01. The van der Waals surface area contributed by atoms with Crippen LogP contribution in [0.3, 0.4) is 0 Å². The summed E-state index contributed by atoms with van der Waals surface area (Å²) >= 11 is 0. The molecule has 176 valence electrons. The second-order valence-corrected chi connectivity index (χ2v) is 9.52. The van der Waals surface area contributed by atoms with Crippen molar-refractivity contribution in [3.63, 3.8) is 0 Å². The van der Waals surface area contributed by atoms with Gasteiger partial charge in [-0.15, -0.1) is 0 Å². The summed E-state index contributed by atoms with van der Waals surface area (Å²) in [6.07, 6.45) is 7.26. The van der Waals surface area contributed by atoms with Crippen LogP contribution in [0.2, 0.25) is 0 Å². The van der Waals surface area contributed by atoms with Crippen molar-refractivity contribution < 1.29 is 4.79 Å². The first-order valence-corrected chi connectivity index (χ1v) is 12.4. The van der Waals surface area contributed by atoms with Crippen molar-refractivity contribution in [3.05, 3.63) is 48.4 Å². The highest BCUT2D eigenvalue weighted by Gasteiger charge is 2.36. The summed E-state index contributed by atoms with van der Waals surface area (Å²) in [5.74, 6) is 0.524. The number of amides is 1. The molecule has 4 rings (SSSR count). The van der Waals surface area contributed by atoms with Gasteiger partial charge in [-0.25, -0.2) is 4.98 Å². The van der Waals surface area contributed by atoms with Crippen molar-refractivity contribution >= 4 is 33.1 Å². The number of carbonyl (C=O) groups is 1. The molecule has 2 aliphatic rings. The summed E-state index contributed by atoms with van der Waals surface area (Å²) in [4.78, 5) is 28.4. The molecule has 0 aromatic carbocycles. The van der Waals surface area contributed by atoms with Crippen molar-refractivity contribution in [3.8, 4) is 0 Å². The van der Waals surface area contributed by atoms with Crippen LogP contribution < -0.4 is 10.2 Å². The molecule has 2 aromatic rings. The van der Waals surface area contributed by atoms with E-state index in [9.17, 15) is 4.79 Å². The number of aromatic nitrogens is 2. The zero-order chi connectivity index (χ0) is 24.1. The molecule has 4 radical (unpaired) electrons. The normalized spacial score (nSPS) is 21.1. The molecule has 0 bridgehead atoms. The zero-order valence-corrected chi connectivity index (χ0v) is 20.4. The van der Waals surface area contributed by atoms with E-state index in [0.717, 1.165) is 44.8 Å². The number of hydrogen-bond donors (Lipinski definition) is 1. The number of carbonyl (C=O) groups excluding carboxylic acids is 1. The van der Waals surface area contributed by atoms with Crippen molar-refractivity contribution in [2.45, 2.75) is 57.0 Å². The predicted molar refractivity (Wildman–Crippen MR) is 139 cm³/mol. The van der Waals surface area contributed by atoms with Gasteiger partial charge in [0.1, 0.15) is 11.5 Å². The average molecular weight is 456 g/mol. The molecule has 1 amide bonds. The molecule has 2 aromatic heterocycles. The molecule has 2 saturated heterocycles. The highest BCUT2D eigenvalue weighted by atomic mass is 16.1. The predicted octanol–water partition coefficient (Wildman–Crippen LogP) is 2.49. The lowest BCUT2D eigenvalue weighted by atomic mass is 9.58. The average Bonchev–Trinajstić information content (AvgIpc) is 3.02. The summed E-state index contributed by atoms with van der Waals surface area (Å²) in [5, 5.41) is 2.01. The van der Waals surface area contributed by atoms with Crippen LogP contribution in [0.5, 0.6) is 0 Å². The lowest BCUT2D eigenvalue weighted by Crippen LogP contribution is -2.58. The number of rotatable bonds is 6. The molecule has 34 heavy (non-hydrogen) atoms. The Kier molecular flexibility index (Phi) is 7.94. The third-order valence-electron chi connectivity index (χ3n) is 7.31. The molecule has 4 heterocycles. The van der Waals surface area contributed by atoms with Crippen LogP contribution >= 0.6 is 0 Å². The standard InChI is InChI=1S/C25H34B2N6O/c1-3-19(2)31-14-9-21(10-15-31)33-18-17-32(16-11-25(33,26)27)23-6-4-5-22(30-23)24(34)29-20-7-12-28-13-8-20/h4-8,12-13,19,21H,3,9-11,14-18H2,1-2H3,(H,28,29,34)/t19-/m1/s1. The van der Waals surface area contributed by atoms with Gasteiger partial charge in [0.25, 0.3) is 5.91 Å². The SMILES string of the molecule is [B]C1([B])CCN(c2cccc(C(=O)Nc3ccncc3)n2)CCN1C1CCN([C@H](C)CC)CC1. The van der Waals surface area contributed by atoms with Crippen LogP contribution in [0.25, 0.3) is 0 Å². The second kappa shape index (κ2) is 10.9. The molecule has 7 nitrogen and oxygen atoms in total. The lowest BCUT2D eigenvalue weighted by molar-refractivity contribution is 0.0722. The van der Waals surface area contributed by atoms with E-state index in [-0.39, 0.29) is 5.91 Å². The highest BCUT2D eigenvalue weighted by Crippen LogP contribution is 2.28. The van der Waals surface area contributed by atoms with E-state index < -0.39 is 5.34 Å². The Labute approximate surface area is 206 Å². The van der Waals surface area contributed by atoms with Gasteiger partial charge in [0, 0.05) is 49.8 Å². The Bertz CT molecular complexity index is 951.